The first kappa shape index (κ1) is 61.4. The quantitative estimate of drug-likeness (QED) is 0.0636. The molecule has 0 heterocycles. The van der Waals surface area contributed by atoms with Crippen molar-refractivity contribution in [1.82, 2.24) is 0 Å². The fraction of sp³-hybridized carbons (Fsp3) is 0.976. The summed E-state index contributed by atoms with van der Waals surface area (Å²) in [6.07, 6.45) is 3.42. The molecule has 0 bridgehead atoms. The van der Waals surface area contributed by atoms with Gasteiger partial charge >= 0.3 is 17.6 Å². The Morgan fingerprint density at radius 3 is 0.710 bits per heavy atom. The van der Waals surface area contributed by atoms with Crippen LogP contribution in [-0.4, -0.2) is 225 Å². The zero-order valence-corrected chi connectivity index (χ0v) is 41.6. The van der Waals surface area contributed by atoms with Crippen LogP contribution in [-0.2, 0) is 88.2 Å². The number of hydrogen-bond acceptors (Lipinski definition) is 19. The van der Waals surface area contributed by atoms with Gasteiger partial charge in [0.25, 0.3) is 0 Å². The van der Waals surface area contributed by atoms with E-state index in [-0.39, 0.29) is 56.5 Å². The number of hydrogen-bond donors (Lipinski definition) is 0. The second-order valence-electron chi connectivity index (χ2n) is 14.1. The van der Waals surface area contributed by atoms with Gasteiger partial charge in [-0.1, -0.05) is 13.8 Å². The second kappa shape index (κ2) is 45.5. The summed E-state index contributed by atoms with van der Waals surface area (Å²) >= 11 is 0. The predicted molar refractivity (Wildman–Crippen MR) is 235 cm³/mol. The molecule has 21 heteroatoms. The van der Waals surface area contributed by atoms with Gasteiger partial charge in [0.2, 0.25) is 0 Å². The molecule has 0 saturated heterocycles. The van der Waals surface area contributed by atoms with E-state index in [1.165, 1.54) is 0 Å². The van der Waals surface area contributed by atoms with Crippen molar-refractivity contribution in [2.75, 3.05) is 201 Å². The lowest BCUT2D eigenvalue weighted by Gasteiger charge is -2.34. The van der Waals surface area contributed by atoms with Crippen LogP contribution in [0.25, 0.3) is 0 Å². The summed E-state index contributed by atoms with van der Waals surface area (Å²) in [5, 5.41) is 0. The normalized spacial score (nSPS) is 13.3. The van der Waals surface area contributed by atoms with E-state index in [0.29, 0.717) is 157 Å². The van der Waals surface area contributed by atoms with Gasteiger partial charge in [-0.2, -0.15) is 0 Å². The standard InChI is InChI=1S/C41H86O19Si2/c1-39(61(55-33-27-49-21-15-43-3,56-34-28-50-22-16-44-4)57-35-29-51-23-17-45-5)11-9-13-41(42)14-10-12-40(2)62(58-36-30-52-24-18-46-6,59-37-31-53-25-19-47-7)60-38-32-54-26-20-48-8/h39-40H,9-38H2,1-8H3. The van der Waals surface area contributed by atoms with Crippen LogP contribution in [0, 0.1) is 0 Å². The third kappa shape index (κ3) is 33.8. The van der Waals surface area contributed by atoms with Crippen LogP contribution in [0.4, 0.5) is 0 Å². The Balaban J connectivity index is 5.67. The molecule has 0 aliphatic rings. The van der Waals surface area contributed by atoms with Crippen molar-refractivity contribution in [1.29, 1.82) is 0 Å². The van der Waals surface area contributed by atoms with Crippen molar-refractivity contribution in [3.63, 3.8) is 0 Å². The molecule has 0 aliphatic heterocycles. The highest BCUT2D eigenvalue weighted by molar-refractivity contribution is 6.62. The average Bonchev–Trinajstić information content (AvgIpc) is 3.27. The molecule has 372 valence electrons. The first-order valence-corrected chi connectivity index (χ1v) is 25.7. The third-order valence-electron chi connectivity index (χ3n) is 9.17. The Labute approximate surface area is 375 Å². The number of methoxy groups -OCH3 is 6. The number of Topliss-reactive ketones (excluding diaryl/α,β-unsaturated/α-hetero) is 1. The maximum Gasteiger partial charge on any atom is 0.504 e. The van der Waals surface area contributed by atoms with Gasteiger partial charge in [0, 0.05) is 66.6 Å². The summed E-state index contributed by atoms with van der Waals surface area (Å²) < 4.78 is 103. The van der Waals surface area contributed by atoms with Crippen molar-refractivity contribution in [3.05, 3.63) is 0 Å². The largest absolute Gasteiger partial charge is 0.504 e. The van der Waals surface area contributed by atoms with Gasteiger partial charge < -0.3 is 83.4 Å². The Morgan fingerprint density at radius 2 is 0.516 bits per heavy atom. The maximum atomic E-state index is 13.4. The molecule has 0 rings (SSSR count). The topological polar surface area (TPSA) is 183 Å². The van der Waals surface area contributed by atoms with E-state index < -0.39 is 17.6 Å². The smallest absolute Gasteiger partial charge is 0.382 e. The molecule has 0 aliphatic carbocycles. The Bertz CT molecular complexity index is 796. The zero-order valence-electron chi connectivity index (χ0n) is 39.6. The van der Waals surface area contributed by atoms with Crippen molar-refractivity contribution in [2.45, 2.75) is 63.5 Å². The molecule has 2 atom stereocenters. The highest BCUT2D eigenvalue weighted by atomic mass is 28.4. The zero-order chi connectivity index (χ0) is 45.7. The number of carbonyl (C=O) groups is 1. The van der Waals surface area contributed by atoms with E-state index in [1.54, 1.807) is 42.7 Å². The molecule has 0 aromatic carbocycles. The molecule has 0 saturated carbocycles. The van der Waals surface area contributed by atoms with Crippen LogP contribution >= 0.6 is 0 Å². The highest BCUT2D eigenvalue weighted by Gasteiger charge is 2.48. The van der Waals surface area contributed by atoms with Gasteiger partial charge in [-0.25, -0.2) is 0 Å². The summed E-state index contributed by atoms with van der Waals surface area (Å²) in [5.74, 6) is 0.170. The van der Waals surface area contributed by atoms with Gasteiger partial charge in [0.1, 0.15) is 5.78 Å². The third-order valence-corrected chi connectivity index (χ3v) is 15.8. The summed E-state index contributed by atoms with van der Waals surface area (Å²) in [4.78, 5) is 13.4. The lowest BCUT2D eigenvalue weighted by atomic mass is 10.1. The molecule has 0 aromatic rings. The molecule has 0 amide bonds. The Hall–Kier alpha value is -0.616. The van der Waals surface area contributed by atoms with Gasteiger partial charge in [-0.15, -0.1) is 0 Å². The molecule has 19 nitrogen and oxygen atoms in total. The molecular formula is C41H86O19Si2. The minimum Gasteiger partial charge on any atom is -0.382 e. The van der Waals surface area contributed by atoms with Gasteiger partial charge in [-0.3, -0.25) is 4.79 Å². The van der Waals surface area contributed by atoms with Crippen LogP contribution < -0.4 is 0 Å². The molecule has 62 heavy (non-hydrogen) atoms. The summed E-state index contributed by atoms with van der Waals surface area (Å²) in [6, 6.07) is 0. The fourth-order valence-corrected chi connectivity index (χ4v) is 11.2. The lowest BCUT2D eigenvalue weighted by molar-refractivity contribution is -0.119. The maximum absolute atomic E-state index is 13.4. The van der Waals surface area contributed by atoms with Crippen molar-refractivity contribution in [3.8, 4) is 0 Å². The van der Waals surface area contributed by atoms with Crippen LogP contribution in [0.15, 0.2) is 0 Å². The molecule has 0 fully saturated rings. The minimum absolute atomic E-state index is 0.124. The summed E-state index contributed by atoms with van der Waals surface area (Å²) in [7, 11) is 3.11. The summed E-state index contributed by atoms with van der Waals surface area (Å²) in [5.41, 5.74) is -0.249. The van der Waals surface area contributed by atoms with E-state index in [1.807, 2.05) is 0 Å². The van der Waals surface area contributed by atoms with Crippen molar-refractivity contribution in [2.24, 2.45) is 0 Å². The van der Waals surface area contributed by atoms with E-state index in [4.69, 9.17) is 83.4 Å². The molecule has 0 N–H and O–H groups in total. The molecule has 0 aromatic heterocycles. The Morgan fingerprint density at radius 1 is 0.323 bits per heavy atom. The molecule has 0 radical (unpaired) electrons. The molecular weight excluding hydrogens is 853 g/mol. The van der Waals surface area contributed by atoms with Gasteiger partial charge in [0.05, 0.1) is 159 Å². The predicted octanol–water partition coefficient (Wildman–Crippen LogP) is 3.63. The number of carbonyl (C=O) groups excluding carboxylic acids is 1. The van der Waals surface area contributed by atoms with Gasteiger partial charge in [-0.05, 0) is 25.7 Å². The Kier molecular flexibility index (Phi) is 45.1. The fourth-order valence-electron chi connectivity index (χ4n) is 5.72. The second-order valence-corrected chi connectivity index (χ2v) is 20.2. The highest BCUT2D eigenvalue weighted by Crippen LogP contribution is 2.33. The van der Waals surface area contributed by atoms with Gasteiger partial charge in [0.15, 0.2) is 0 Å². The number of ketones is 1. The molecule has 0 spiro atoms. The first-order chi connectivity index (χ1) is 30.3. The van der Waals surface area contributed by atoms with Crippen molar-refractivity contribution < 1.29 is 88.2 Å². The van der Waals surface area contributed by atoms with E-state index in [9.17, 15) is 4.79 Å². The van der Waals surface area contributed by atoms with Crippen LogP contribution in [0.5, 0.6) is 0 Å². The number of ether oxygens (including phenoxy) is 12. The summed E-state index contributed by atoms with van der Waals surface area (Å²) in [6.45, 7) is 13.4. The molecule has 2 unspecified atom stereocenters. The minimum atomic E-state index is -3.33. The van der Waals surface area contributed by atoms with Crippen molar-refractivity contribution >= 4 is 23.4 Å². The van der Waals surface area contributed by atoms with E-state index >= 15 is 0 Å². The lowest BCUT2D eigenvalue weighted by Crippen LogP contribution is -2.51. The monoisotopic (exact) mass is 939 g/mol. The average molecular weight is 939 g/mol. The van der Waals surface area contributed by atoms with E-state index in [0.717, 1.165) is 0 Å². The number of rotatable bonds is 52. The van der Waals surface area contributed by atoms with E-state index in [2.05, 4.69) is 13.8 Å². The van der Waals surface area contributed by atoms with Crippen LogP contribution in [0.1, 0.15) is 52.4 Å². The van der Waals surface area contributed by atoms with Crippen LogP contribution in [0.2, 0.25) is 11.1 Å². The van der Waals surface area contributed by atoms with Crippen LogP contribution in [0.3, 0.4) is 0 Å². The SMILES string of the molecule is COCCOCCO[Si](OCCOCCOC)(OCCOCCOC)C(C)CCCC(=O)CCCC(C)[Si](OCCOCCOC)(OCCOCCOC)OCCOCCOC. The first-order valence-electron chi connectivity index (χ1n) is 22.1.